The van der Waals surface area contributed by atoms with E-state index in [2.05, 4.69) is 21.8 Å². The molecule has 2 rings (SSSR count). The minimum atomic E-state index is 0.321. The molecule has 2 unspecified atom stereocenters. The van der Waals surface area contributed by atoms with E-state index in [0.717, 1.165) is 31.3 Å². The Morgan fingerprint density at radius 2 is 2.24 bits per heavy atom. The van der Waals surface area contributed by atoms with E-state index < -0.39 is 0 Å². The summed E-state index contributed by atoms with van der Waals surface area (Å²) in [6.07, 6.45) is 2.85. The second-order valence-electron chi connectivity index (χ2n) is 4.99. The molecule has 2 heterocycles. The molecule has 1 aliphatic heterocycles. The second kappa shape index (κ2) is 4.87. The van der Waals surface area contributed by atoms with Gasteiger partial charge < -0.3 is 15.5 Å². The number of aromatic nitrogens is 2. The third-order valence-corrected chi connectivity index (χ3v) is 3.32. The molecule has 17 heavy (non-hydrogen) atoms. The lowest BCUT2D eigenvalue weighted by atomic mass is 9.95. The lowest BCUT2D eigenvalue weighted by Crippen LogP contribution is -2.46. The molecule has 0 spiro atoms. The Morgan fingerprint density at radius 1 is 1.47 bits per heavy atom. The minimum Gasteiger partial charge on any atom is -0.356 e. The predicted molar refractivity (Wildman–Crippen MR) is 70.3 cm³/mol. The molecule has 0 aliphatic carbocycles. The van der Waals surface area contributed by atoms with Crippen LogP contribution in [0.4, 0.5) is 11.8 Å². The summed E-state index contributed by atoms with van der Waals surface area (Å²) < 4.78 is 0. The van der Waals surface area contributed by atoms with Gasteiger partial charge in [0.2, 0.25) is 5.95 Å². The van der Waals surface area contributed by atoms with Crippen molar-refractivity contribution in [1.29, 1.82) is 0 Å². The van der Waals surface area contributed by atoms with Gasteiger partial charge in [0.25, 0.3) is 0 Å². The number of nitrogens with two attached hydrogens (primary N) is 1. The fourth-order valence-electron chi connectivity index (χ4n) is 2.10. The van der Waals surface area contributed by atoms with Gasteiger partial charge in [-0.15, -0.1) is 0 Å². The topological polar surface area (TPSA) is 58.3 Å². The maximum absolute atomic E-state index is 6.03. The summed E-state index contributed by atoms with van der Waals surface area (Å²) in [7, 11) is 3.90. The monoisotopic (exact) mass is 235 g/mol. The second-order valence-corrected chi connectivity index (χ2v) is 4.99. The summed E-state index contributed by atoms with van der Waals surface area (Å²) in [6.45, 7) is 4.16. The Kier molecular flexibility index (Phi) is 3.47. The SMILES string of the molecule is CC1CN(c2ccnc(N(C)C)n2)CCC1N. The predicted octanol–water partition coefficient (Wildman–Crippen LogP) is 0.716. The van der Waals surface area contributed by atoms with Crippen LogP contribution >= 0.6 is 0 Å². The van der Waals surface area contributed by atoms with Crippen LogP contribution in [0.2, 0.25) is 0 Å². The van der Waals surface area contributed by atoms with Crippen molar-refractivity contribution in [2.45, 2.75) is 19.4 Å². The number of rotatable bonds is 2. The molecular weight excluding hydrogens is 214 g/mol. The van der Waals surface area contributed by atoms with E-state index in [0.29, 0.717) is 12.0 Å². The zero-order chi connectivity index (χ0) is 12.4. The molecule has 1 aromatic rings. The van der Waals surface area contributed by atoms with Gasteiger partial charge in [-0.2, -0.15) is 4.98 Å². The van der Waals surface area contributed by atoms with E-state index in [9.17, 15) is 0 Å². The number of piperidine rings is 1. The molecule has 0 radical (unpaired) electrons. The van der Waals surface area contributed by atoms with Crippen LogP contribution < -0.4 is 15.5 Å². The Hall–Kier alpha value is -1.36. The highest BCUT2D eigenvalue weighted by atomic mass is 15.3. The van der Waals surface area contributed by atoms with Gasteiger partial charge in [0.05, 0.1) is 0 Å². The van der Waals surface area contributed by atoms with Crippen molar-refractivity contribution >= 4 is 11.8 Å². The molecule has 2 atom stereocenters. The maximum Gasteiger partial charge on any atom is 0.226 e. The summed E-state index contributed by atoms with van der Waals surface area (Å²) in [5.74, 6) is 2.27. The lowest BCUT2D eigenvalue weighted by Gasteiger charge is -2.35. The Balaban J connectivity index is 2.14. The summed E-state index contributed by atoms with van der Waals surface area (Å²) in [5.41, 5.74) is 6.03. The molecule has 1 saturated heterocycles. The van der Waals surface area contributed by atoms with Crippen LogP contribution in [-0.2, 0) is 0 Å². The van der Waals surface area contributed by atoms with Crippen LogP contribution in [0.1, 0.15) is 13.3 Å². The highest BCUT2D eigenvalue weighted by Gasteiger charge is 2.24. The average Bonchev–Trinajstić information content (AvgIpc) is 2.33. The van der Waals surface area contributed by atoms with Gasteiger partial charge in [0.15, 0.2) is 0 Å². The van der Waals surface area contributed by atoms with Gasteiger partial charge in [-0.05, 0) is 18.4 Å². The Bertz CT molecular complexity index is 379. The van der Waals surface area contributed by atoms with Crippen LogP contribution in [0.5, 0.6) is 0 Å². The highest BCUT2D eigenvalue weighted by Crippen LogP contribution is 2.21. The largest absolute Gasteiger partial charge is 0.356 e. The zero-order valence-corrected chi connectivity index (χ0v) is 10.8. The van der Waals surface area contributed by atoms with Crippen LogP contribution in [-0.4, -0.2) is 43.2 Å². The molecule has 5 nitrogen and oxygen atoms in total. The first-order valence-electron chi connectivity index (χ1n) is 6.09. The van der Waals surface area contributed by atoms with E-state index in [4.69, 9.17) is 5.73 Å². The average molecular weight is 235 g/mol. The fourth-order valence-corrected chi connectivity index (χ4v) is 2.10. The molecule has 1 aromatic heterocycles. The summed E-state index contributed by atoms with van der Waals surface area (Å²) in [6, 6.07) is 2.29. The maximum atomic E-state index is 6.03. The standard InChI is InChI=1S/C12H21N5/c1-9-8-17(7-5-10(9)13)11-4-6-14-12(15-11)16(2)3/h4,6,9-10H,5,7-8,13H2,1-3H3. The molecule has 94 valence electrons. The highest BCUT2D eigenvalue weighted by molar-refractivity contribution is 5.43. The fraction of sp³-hybridized carbons (Fsp3) is 0.667. The molecule has 1 aliphatic rings. The van der Waals surface area contributed by atoms with Crippen molar-refractivity contribution < 1.29 is 0 Å². The van der Waals surface area contributed by atoms with Crippen LogP contribution in [0.15, 0.2) is 12.3 Å². The Labute approximate surface area is 103 Å². The molecule has 0 saturated carbocycles. The molecular formula is C12H21N5. The summed E-state index contributed by atoms with van der Waals surface area (Å²) in [4.78, 5) is 13.0. The van der Waals surface area contributed by atoms with Gasteiger partial charge in [0, 0.05) is 39.4 Å². The molecule has 0 aromatic carbocycles. The van der Waals surface area contributed by atoms with E-state index in [1.807, 2.05) is 31.3 Å². The first-order chi connectivity index (χ1) is 8.08. The normalized spacial score (nSPS) is 24.8. The van der Waals surface area contributed by atoms with Crippen molar-refractivity contribution in [3.63, 3.8) is 0 Å². The lowest BCUT2D eigenvalue weighted by molar-refractivity contribution is 0.381. The first kappa shape index (κ1) is 12.1. The van der Waals surface area contributed by atoms with Crippen molar-refractivity contribution in [2.75, 3.05) is 37.0 Å². The number of anilines is 2. The van der Waals surface area contributed by atoms with Gasteiger partial charge >= 0.3 is 0 Å². The quantitative estimate of drug-likeness (QED) is 0.818. The molecule has 1 fully saturated rings. The van der Waals surface area contributed by atoms with Gasteiger partial charge in [0.1, 0.15) is 5.82 Å². The van der Waals surface area contributed by atoms with Crippen LogP contribution in [0, 0.1) is 5.92 Å². The van der Waals surface area contributed by atoms with Crippen LogP contribution in [0.25, 0.3) is 0 Å². The van der Waals surface area contributed by atoms with E-state index >= 15 is 0 Å². The van der Waals surface area contributed by atoms with Gasteiger partial charge in [-0.3, -0.25) is 0 Å². The van der Waals surface area contributed by atoms with Crippen LogP contribution in [0.3, 0.4) is 0 Å². The molecule has 5 heteroatoms. The van der Waals surface area contributed by atoms with E-state index in [1.165, 1.54) is 0 Å². The number of hydrogen-bond acceptors (Lipinski definition) is 5. The minimum absolute atomic E-state index is 0.321. The first-order valence-corrected chi connectivity index (χ1v) is 6.09. The summed E-state index contributed by atoms with van der Waals surface area (Å²) >= 11 is 0. The third kappa shape index (κ3) is 2.66. The summed E-state index contributed by atoms with van der Waals surface area (Å²) in [5, 5.41) is 0. The number of nitrogens with zero attached hydrogens (tertiary/aromatic N) is 4. The van der Waals surface area contributed by atoms with E-state index in [-0.39, 0.29) is 0 Å². The molecule has 2 N–H and O–H groups in total. The Morgan fingerprint density at radius 3 is 2.88 bits per heavy atom. The molecule has 0 amide bonds. The smallest absolute Gasteiger partial charge is 0.226 e. The van der Waals surface area contributed by atoms with Crippen molar-refractivity contribution in [3.8, 4) is 0 Å². The van der Waals surface area contributed by atoms with Gasteiger partial charge in [-0.25, -0.2) is 4.98 Å². The van der Waals surface area contributed by atoms with Gasteiger partial charge in [-0.1, -0.05) is 6.92 Å². The van der Waals surface area contributed by atoms with E-state index in [1.54, 1.807) is 0 Å². The van der Waals surface area contributed by atoms with Crippen molar-refractivity contribution in [2.24, 2.45) is 11.7 Å². The third-order valence-electron chi connectivity index (χ3n) is 3.32. The molecule has 0 bridgehead atoms. The van der Waals surface area contributed by atoms with Crippen molar-refractivity contribution in [3.05, 3.63) is 12.3 Å². The number of hydrogen-bond donors (Lipinski definition) is 1. The zero-order valence-electron chi connectivity index (χ0n) is 10.8. The van der Waals surface area contributed by atoms with Crippen molar-refractivity contribution in [1.82, 2.24) is 9.97 Å².